The number of nitrogens with one attached hydrogen (secondary N) is 1. The van der Waals surface area contributed by atoms with Gasteiger partial charge in [-0.1, -0.05) is 23.2 Å². The molecule has 5 heteroatoms. The Balaban J connectivity index is 2.10. The van der Waals surface area contributed by atoms with Gasteiger partial charge in [-0.15, -0.1) is 0 Å². The van der Waals surface area contributed by atoms with E-state index in [1.807, 2.05) is 6.07 Å². The molecule has 1 aromatic carbocycles. The second kappa shape index (κ2) is 6.65. The molecular formula is C16H18Cl2N2O. The minimum absolute atomic E-state index is 0.0407. The molecule has 0 fully saturated rings. The Labute approximate surface area is 135 Å². The summed E-state index contributed by atoms with van der Waals surface area (Å²) in [4.78, 5) is 4.32. The van der Waals surface area contributed by atoms with Gasteiger partial charge in [-0.2, -0.15) is 0 Å². The monoisotopic (exact) mass is 324 g/mol. The van der Waals surface area contributed by atoms with Crippen LogP contribution in [-0.4, -0.2) is 10.5 Å². The van der Waals surface area contributed by atoms with E-state index in [1.165, 1.54) is 0 Å². The first-order chi connectivity index (χ1) is 9.82. The van der Waals surface area contributed by atoms with E-state index < -0.39 is 0 Å². The van der Waals surface area contributed by atoms with E-state index in [1.54, 1.807) is 30.5 Å². The Kier molecular flexibility index (Phi) is 5.09. The van der Waals surface area contributed by atoms with Gasteiger partial charge in [0, 0.05) is 34.4 Å². The van der Waals surface area contributed by atoms with E-state index in [-0.39, 0.29) is 5.54 Å². The van der Waals surface area contributed by atoms with Gasteiger partial charge in [0.25, 0.3) is 0 Å². The molecule has 2 aromatic rings. The van der Waals surface area contributed by atoms with Crippen LogP contribution in [0.3, 0.4) is 0 Å². The van der Waals surface area contributed by atoms with Crippen molar-refractivity contribution in [2.45, 2.75) is 32.9 Å². The van der Waals surface area contributed by atoms with Crippen molar-refractivity contribution in [3.05, 3.63) is 52.3 Å². The molecule has 1 N–H and O–H groups in total. The number of pyridine rings is 1. The highest BCUT2D eigenvalue weighted by Gasteiger charge is 2.09. The van der Waals surface area contributed by atoms with Crippen molar-refractivity contribution in [1.29, 1.82) is 0 Å². The van der Waals surface area contributed by atoms with Gasteiger partial charge in [-0.3, -0.25) is 4.98 Å². The molecular weight excluding hydrogens is 307 g/mol. The first-order valence-electron chi connectivity index (χ1n) is 6.66. The van der Waals surface area contributed by atoms with Crippen molar-refractivity contribution in [3.63, 3.8) is 0 Å². The Bertz CT molecular complexity index is 604. The number of hydrogen-bond acceptors (Lipinski definition) is 3. The molecule has 0 aliphatic heterocycles. The van der Waals surface area contributed by atoms with Crippen molar-refractivity contribution in [2.75, 3.05) is 0 Å². The largest absolute Gasteiger partial charge is 0.457 e. The predicted molar refractivity (Wildman–Crippen MR) is 87.4 cm³/mol. The molecule has 3 nitrogen and oxygen atoms in total. The topological polar surface area (TPSA) is 34.1 Å². The number of nitrogens with zero attached hydrogens (tertiary/aromatic N) is 1. The van der Waals surface area contributed by atoms with Gasteiger partial charge >= 0.3 is 0 Å². The lowest BCUT2D eigenvalue weighted by molar-refractivity contribution is 0.419. The number of ether oxygens (including phenoxy) is 1. The zero-order valence-corrected chi connectivity index (χ0v) is 13.8. The third-order valence-electron chi connectivity index (χ3n) is 2.66. The van der Waals surface area contributed by atoms with E-state index in [2.05, 4.69) is 31.1 Å². The molecule has 1 heterocycles. The van der Waals surface area contributed by atoms with E-state index in [9.17, 15) is 0 Å². The molecule has 0 amide bonds. The lowest BCUT2D eigenvalue weighted by Gasteiger charge is -2.20. The Hall–Kier alpha value is -1.29. The standard InChI is InChI=1S/C16H18Cl2N2O/c1-16(2,3)20-10-13-9-14(4-5-19-13)21-15-7-11(17)6-12(18)8-15/h4-9,20H,10H2,1-3H3. The maximum atomic E-state index is 5.96. The number of hydrogen-bond donors (Lipinski definition) is 1. The molecule has 2 rings (SSSR count). The molecule has 1 aromatic heterocycles. The smallest absolute Gasteiger partial charge is 0.130 e. The van der Waals surface area contributed by atoms with Gasteiger partial charge in [0.2, 0.25) is 0 Å². The van der Waals surface area contributed by atoms with Crippen LogP contribution in [0.5, 0.6) is 11.5 Å². The van der Waals surface area contributed by atoms with E-state index >= 15 is 0 Å². The van der Waals surface area contributed by atoms with Crippen LogP contribution in [0.4, 0.5) is 0 Å². The third kappa shape index (κ3) is 5.54. The van der Waals surface area contributed by atoms with Crippen molar-refractivity contribution in [1.82, 2.24) is 10.3 Å². The Morgan fingerprint density at radius 2 is 1.71 bits per heavy atom. The highest BCUT2D eigenvalue weighted by Crippen LogP contribution is 2.28. The van der Waals surface area contributed by atoms with Gasteiger partial charge in [0.15, 0.2) is 0 Å². The summed E-state index contributed by atoms with van der Waals surface area (Å²) in [5.41, 5.74) is 0.953. The van der Waals surface area contributed by atoms with E-state index in [0.717, 1.165) is 5.69 Å². The molecule has 0 bridgehead atoms. The van der Waals surface area contributed by atoms with E-state index in [0.29, 0.717) is 28.1 Å². The molecule has 0 saturated heterocycles. The summed E-state index contributed by atoms with van der Waals surface area (Å²) in [5.74, 6) is 1.31. The fourth-order valence-corrected chi connectivity index (χ4v) is 2.20. The summed E-state index contributed by atoms with van der Waals surface area (Å²) in [6.45, 7) is 7.01. The number of rotatable bonds is 4. The average molecular weight is 325 g/mol. The van der Waals surface area contributed by atoms with Gasteiger partial charge in [-0.25, -0.2) is 0 Å². The van der Waals surface area contributed by atoms with Gasteiger partial charge < -0.3 is 10.1 Å². The summed E-state index contributed by atoms with van der Waals surface area (Å²) in [5, 5.41) is 4.47. The average Bonchev–Trinajstić information content (AvgIpc) is 2.35. The van der Waals surface area contributed by atoms with Gasteiger partial charge in [0.05, 0.1) is 5.69 Å². The molecule has 0 spiro atoms. The van der Waals surface area contributed by atoms with Gasteiger partial charge in [-0.05, 0) is 45.0 Å². The molecule has 0 saturated carbocycles. The summed E-state index contributed by atoms with van der Waals surface area (Å²) >= 11 is 11.9. The maximum absolute atomic E-state index is 5.96. The van der Waals surface area contributed by atoms with Crippen LogP contribution in [0, 0.1) is 0 Å². The normalized spacial score (nSPS) is 11.5. The van der Waals surface area contributed by atoms with Crippen LogP contribution in [0.25, 0.3) is 0 Å². The number of aromatic nitrogens is 1. The first-order valence-corrected chi connectivity index (χ1v) is 7.41. The minimum atomic E-state index is 0.0407. The summed E-state index contributed by atoms with van der Waals surface area (Å²) in [6, 6.07) is 8.81. The highest BCUT2D eigenvalue weighted by atomic mass is 35.5. The third-order valence-corrected chi connectivity index (χ3v) is 3.10. The minimum Gasteiger partial charge on any atom is -0.457 e. The van der Waals surface area contributed by atoms with Crippen LogP contribution in [0.1, 0.15) is 26.5 Å². The van der Waals surface area contributed by atoms with Crippen molar-refractivity contribution in [2.24, 2.45) is 0 Å². The zero-order chi connectivity index (χ0) is 15.5. The molecule has 21 heavy (non-hydrogen) atoms. The molecule has 0 atom stereocenters. The van der Waals surface area contributed by atoms with Crippen LogP contribution in [-0.2, 0) is 6.54 Å². The first kappa shape index (κ1) is 16.1. The van der Waals surface area contributed by atoms with Crippen LogP contribution >= 0.6 is 23.2 Å². The predicted octanol–water partition coefficient (Wildman–Crippen LogP) is 5.07. The fraction of sp³-hybridized carbons (Fsp3) is 0.312. The zero-order valence-electron chi connectivity index (χ0n) is 12.3. The molecule has 112 valence electrons. The number of benzene rings is 1. The van der Waals surface area contributed by atoms with Gasteiger partial charge in [0.1, 0.15) is 11.5 Å². The quantitative estimate of drug-likeness (QED) is 0.852. The number of halogens is 2. The highest BCUT2D eigenvalue weighted by molar-refractivity contribution is 6.34. The fourth-order valence-electron chi connectivity index (χ4n) is 1.70. The molecule has 0 aliphatic carbocycles. The Morgan fingerprint density at radius 3 is 2.33 bits per heavy atom. The van der Waals surface area contributed by atoms with Crippen molar-refractivity contribution in [3.8, 4) is 11.5 Å². The molecule has 0 radical (unpaired) electrons. The summed E-state index contributed by atoms with van der Waals surface area (Å²) < 4.78 is 5.78. The lowest BCUT2D eigenvalue weighted by atomic mass is 10.1. The Morgan fingerprint density at radius 1 is 1.05 bits per heavy atom. The SMILES string of the molecule is CC(C)(C)NCc1cc(Oc2cc(Cl)cc(Cl)c2)ccn1. The maximum Gasteiger partial charge on any atom is 0.130 e. The lowest BCUT2D eigenvalue weighted by Crippen LogP contribution is -2.35. The van der Waals surface area contributed by atoms with Crippen molar-refractivity contribution < 1.29 is 4.74 Å². The van der Waals surface area contributed by atoms with Crippen LogP contribution < -0.4 is 10.1 Å². The second-order valence-corrected chi connectivity index (χ2v) is 6.67. The summed E-state index contributed by atoms with van der Waals surface area (Å²) in [7, 11) is 0. The molecule has 0 aliphatic rings. The van der Waals surface area contributed by atoms with E-state index in [4.69, 9.17) is 27.9 Å². The molecule has 0 unspecified atom stereocenters. The van der Waals surface area contributed by atoms with Crippen LogP contribution in [0.15, 0.2) is 36.5 Å². The van der Waals surface area contributed by atoms with Crippen molar-refractivity contribution >= 4 is 23.2 Å². The second-order valence-electron chi connectivity index (χ2n) is 5.79. The summed E-state index contributed by atoms with van der Waals surface area (Å²) in [6.07, 6.45) is 1.72. The van der Waals surface area contributed by atoms with Crippen LogP contribution in [0.2, 0.25) is 10.0 Å².